The van der Waals surface area contributed by atoms with Crippen molar-refractivity contribution < 1.29 is 14.4 Å². The summed E-state index contributed by atoms with van der Waals surface area (Å²) in [6, 6.07) is 7.74. The lowest BCUT2D eigenvalue weighted by molar-refractivity contribution is -0.128. The minimum absolute atomic E-state index is 0.0274. The Morgan fingerprint density at radius 1 is 1.12 bits per heavy atom. The molecule has 1 rings (SSSR count). The first kappa shape index (κ1) is 20.6. The molecule has 1 aromatic carbocycles. The standard InChI is InChI=1S/C18H28N4O3/c1-6-19-17(25)20-16(24)15(13-10-8-7-9-11-13)22(5)12-14(23)21-18(2,3)4/h7-11,15H,6,12H2,1-5H3,(H,21,23)(H2,19,20,24,25). The van der Waals surface area contributed by atoms with Crippen LogP contribution in [0.25, 0.3) is 0 Å². The molecule has 7 heteroatoms. The summed E-state index contributed by atoms with van der Waals surface area (Å²) in [5.41, 5.74) is 0.346. The smallest absolute Gasteiger partial charge is 0.321 e. The van der Waals surface area contributed by atoms with E-state index in [1.54, 1.807) is 31.0 Å². The van der Waals surface area contributed by atoms with Crippen LogP contribution >= 0.6 is 0 Å². The van der Waals surface area contributed by atoms with E-state index in [1.165, 1.54) is 0 Å². The van der Waals surface area contributed by atoms with Crippen molar-refractivity contribution in [3.63, 3.8) is 0 Å². The fourth-order valence-electron chi connectivity index (χ4n) is 2.40. The van der Waals surface area contributed by atoms with Gasteiger partial charge in [0.05, 0.1) is 6.54 Å². The molecule has 138 valence electrons. The summed E-state index contributed by atoms with van der Waals surface area (Å²) >= 11 is 0. The van der Waals surface area contributed by atoms with Gasteiger partial charge in [-0.3, -0.25) is 19.8 Å². The molecule has 0 radical (unpaired) electrons. The lowest BCUT2D eigenvalue weighted by Gasteiger charge is -2.28. The Kier molecular flexibility index (Phi) is 7.57. The van der Waals surface area contributed by atoms with Gasteiger partial charge in [-0.1, -0.05) is 30.3 Å². The minimum Gasteiger partial charge on any atom is -0.350 e. The lowest BCUT2D eigenvalue weighted by atomic mass is 10.0. The Labute approximate surface area is 149 Å². The van der Waals surface area contributed by atoms with Crippen molar-refractivity contribution in [1.82, 2.24) is 20.9 Å². The van der Waals surface area contributed by atoms with Crippen LogP contribution in [-0.4, -0.2) is 48.4 Å². The van der Waals surface area contributed by atoms with Gasteiger partial charge in [-0.25, -0.2) is 4.79 Å². The Balaban J connectivity index is 2.93. The molecule has 1 unspecified atom stereocenters. The zero-order valence-corrected chi connectivity index (χ0v) is 15.6. The summed E-state index contributed by atoms with van der Waals surface area (Å²) in [5.74, 6) is -0.676. The van der Waals surface area contributed by atoms with Crippen LogP contribution in [0.15, 0.2) is 30.3 Å². The highest BCUT2D eigenvalue weighted by Crippen LogP contribution is 2.19. The van der Waals surface area contributed by atoms with Crippen LogP contribution in [0.1, 0.15) is 39.3 Å². The third kappa shape index (κ3) is 7.34. The number of benzene rings is 1. The SMILES string of the molecule is CCNC(=O)NC(=O)C(c1ccccc1)N(C)CC(=O)NC(C)(C)C. The molecule has 0 fully saturated rings. The maximum Gasteiger partial charge on any atom is 0.321 e. The maximum absolute atomic E-state index is 12.6. The zero-order chi connectivity index (χ0) is 19.0. The molecule has 0 bridgehead atoms. The lowest BCUT2D eigenvalue weighted by Crippen LogP contribution is -2.49. The summed E-state index contributed by atoms with van der Waals surface area (Å²) in [7, 11) is 1.68. The third-order valence-electron chi connectivity index (χ3n) is 3.29. The summed E-state index contributed by atoms with van der Waals surface area (Å²) in [5, 5.41) is 7.71. The van der Waals surface area contributed by atoms with E-state index in [9.17, 15) is 14.4 Å². The molecule has 1 atom stereocenters. The van der Waals surface area contributed by atoms with Gasteiger partial charge in [-0.15, -0.1) is 0 Å². The molecule has 0 aliphatic rings. The average Bonchev–Trinajstić information content (AvgIpc) is 2.46. The van der Waals surface area contributed by atoms with Crippen LogP contribution in [0.3, 0.4) is 0 Å². The van der Waals surface area contributed by atoms with Gasteiger partial charge < -0.3 is 10.6 Å². The number of amides is 4. The number of urea groups is 1. The fourth-order valence-corrected chi connectivity index (χ4v) is 2.40. The number of hydrogen-bond acceptors (Lipinski definition) is 4. The minimum atomic E-state index is -0.755. The van der Waals surface area contributed by atoms with Crippen LogP contribution < -0.4 is 16.0 Å². The van der Waals surface area contributed by atoms with E-state index in [0.717, 1.165) is 0 Å². The quantitative estimate of drug-likeness (QED) is 0.725. The van der Waals surface area contributed by atoms with Gasteiger partial charge in [0.15, 0.2) is 0 Å². The number of nitrogens with one attached hydrogen (secondary N) is 3. The van der Waals surface area contributed by atoms with Gasteiger partial charge in [0.1, 0.15) is 6.04 Å². The fraction of sp³-hybridized carbons (Fsp3) is 0.500. The van der Waals surface area contributed by atoms with Crippen molar-refractivity contribution in [2.75, 3.05) is 20.1 Å². The summed E-state index contributed by atoms with van der Waals surface area (Å²) < 4.78 is 0. The summed E-state index contributed by atoms with van der Waals surface area (Å²) in [6.07, 6.45) is 0. The predicted octanol–water partition coefficient (Wildman–Crippen LogP) is 1.42. The molecule has 0 saturated heterocycles. The van der Waals surface area contributed by atoms with E-state index in [1.807, 2.05) is 39.0 Å². The first-order chi connectivity index (χ1) is 11.6. The Morgan fingerprint density at radius 3 is 2.24 bits per heavy atom. The van der Waals surface area contributed by atoms with Gasteiger partial charge >= 0.3 is 6.03 Å². The molecule has 0 aromatic heterocycles. The van der Waals surface area contributed by atoms with Gasteiger partial charge in [0.25, 0.3) is 0 Å². The third-order valence-corrected chi connectivity index (χ3v) is 3.29. The number of nitrogens with zero attached hydrogens (tertiary/aromatic N) is 1. The zero-order valence-electron chi connectivity index (χ0n) is 15.6. The second-order valence-corrected chi connectivity index (χ2v) is 6.88. The molecule has 0 heterocycles. The Morgan fingerprint density at radius 2 is 1.72 bits per heavy atom. The number of rotatable bonds is 6. The molecular weight excluding hydrogens is 320 g/mol. The molecular formula is C18H28N4O3. The first-order valence-corrected chi connectivity index (χ1v) is 8.29. The molecule has 4 amide bonds. The monoisotopic (exact) mass is 348 g/mol. The molecule has 0 spiro atoms. The molecule has 1 aromatic rings. The molecule has 3 N–H and O–H groups in total. The van der Waals surface area contributed by atoms with E-state index in [4.69, 9.17) is 0 Å². The highest BCUT2D eigenvalue weighted by molar-refractivity contribution is 5.97. The highest BCUT2D eigenvalue weighted by Gasteiger charge is 2.28. The van der Waals surface area contributed by atoms with Gasteiger partial charge in [-0.2, -0.15) is 0 Å². The Bertz CT molecular complexity index is 596. The van der Waals surface area contributed by atoms with E-state index < -0.39 is 18.0 Å². The average molecular weight is 348 g/mol. The summed E-state index contributed by atoms with van der Waals surface area (Å²) in [6.45, 7) is 7.88. The molecule has 25 heavy (non-hydrogen) atoms. The first-order valence-electron chi connectivity index (χ1n) is 8.29. The molecule has 0 aliphatic heterocycles. The van der Waals surface area contributed by atoms with E-state index >= 15 is 0 Å². The second-order valence-electron chi connectivity index (χ2n) is 6.88. The largest absolute Gasteiger partial charge is 0.350 e. The number of carbonyl (C=O) groups is 3. The van der Waals surface area contributed by atoms with Crippen LogP contribution in [0.2, 0.25) is 0 Å². The van der Waals surface area contributed by atoms with Crippen LogP contribution in [0, 0.1) is 0 Å². The van der Waals surface area contributed by atoms with Gasteiger partial charge in [0.2, 0.25) is 11.8 Å². The predicted molar refractivity (Wildman–Crippen MR) is 96.9 cm³/mol. The topological polar surface area (TPSA) is 90.5 Å². The van der Waals surface area contributed by atoms with Gasteiger partial charge in [0, 0.05) is 12.1 Å². The van der Waals surface area contributed by atoms with Crippen molar-refractivity contribution in [2.45, 2.75) is 39.3 Å². The highest BCUT2D eigenvalue weighted by atomic mass is 16.2. The van der Waals surface area contributed by atoms with Crippen molar-refractivity contribution in [1.29, 1.82) is 0 Å². The van der Waals surface area contributed by atoms with E-state index in [0.29, 0.717) is 12.1 Å². The summed E-state index contributed by atoms with van der Waals surface area (Å²) in [4.78, 5) is 38.1. The number of hydrogen-bond donors (Lipinski definition) is 3. The van der Waals surface area contributed by atoms with E-state index in [2.05, 4.69) is 16.0 Å². The van der Waals surface area contributed by atoms with Crippen molar-refractivity contribution in [3.8, 4) is 0 Å². The molecule has 0 aliphatic carbocycles. The van der Waals surface area contributed by atoms with Crippen molar-refractivity contribution in [3.05, 3.63) is 35.9 Å². The number of imide groups is 1. The number of carbonyl (C=O) groups excluding carboxylic acids is 3. The maximum atomic E-state index is 12.6. The number of likely N-dealkylation sites (N-methyl/N-ethyl adjacent to an activating group) is 1. The molecule has 0 saturated carbocycles. The van der Waals surface area contributed by atoms with Crippen LogP contribution in [0.4, 0.5) is 4.79 Å². The van der Waals surface area contributed by atoms with Crippen molar-refractivity contribution >= 4 is 17.8 Å². The normalized spacial score (nSPS) is 12.4. The van der Waals surface area contributed by atoms with E-state index in [-0.39, 0.29) is 18.0 Å². The van der Waals surface area contributed by atoms with Crippen molar-refractivity contribution in [2.24, 2.45) is 0 Å². The Hall–Kier alpha value is -2.41. The molecule has 7 nitrogen and oxygen atoms in total. The van der Waals surface area contributed by atoms with Gasteiger partial charge in [-0.05, 0) is 40.3 Å². The van der Waals surface area contributed by atoms with Crippen LogP contribution in [0.5, 0.6) is 0 Å². The van der Waals surface area contributed by atoms with Crippen LogP contribution in [-0.2, 0) is 9.59 Å². The second kappa shape index (κ2) is 9.17.